The summed E-state index contributed by atoms with van der Waals surface area (Å²) in [6, 6.07) is 15.2. The van der Waals surface area contributed by atoms with Gasteiger partial charge >= 0.3 is 5.97 Å². The second-order valence-electron chi connectivity index (χ2n) is 10.1. The second-order valence-corrected chi connectivity index (χ2v) is 10.1. The maximum Gasteiger partial charge on any atom is 0.305 e. The molecule has 2 aliphatic rings. The van der Waals surface area contributed by atoms with Crippen LogP contribution in [0.25, 0.3) is 10.9 Å². The Hall–Kier alpha value is -3.16. The molecular formula is C30H37N3O4. The number of likely N-dealkylation sites (tertiary alicyclic amines) is 1. The minimum Gasteiger partial charge on any atom is -0.493 e. The first-order chi connectivity index (χ1) is 18.1. The summed E-state index contributed by atoms with van der Waals surface area (Å²) in [6.45, 7) is 4.80. The van der Waals surface area contributed by atoms with Crippen molar-refractivity contribution < 1.29 is 19.0 Å². The molecule has 2 aliphatic heterocycles. The van der Waals surface area contributed by atoms with E-state index in [0.717, 1.165) is 69.0 Å². The van der Waals surface area contributed by atoms with Gasteiger partial charge in [0, 0.05) is 50.2 Å². The molecule has 1 saturated heterocycles. The van der Waals surface area contributed by atoms with Gasteiger partial charge in [-0.25, -0.2) is 0 Å². The van der Waals surface area contributed by atoms with E-state index in [9.17, 15) is 4.79 Å². The molecule has 0 spiro atoms. The number of carbonyl (C=O) groups is 1. The van der Waals surface area contributed by atoms with Crippen LogP contribution >= 0.6 is 0 Å². The van der Waals surface area contributed by atoms with Gasteiger partial charge in [0.25, 0.3) is 0 Å². The molecule has 7 nitrogen and oxygen atoms in total. The maximum absolute atomic E-state index is 12.1. The summed E-state index contributed by atoms with van der Waals surface area (Å²) in [7, 11) is 4.86. The van der Waals surface area contributed by atoms with Crippen LogP contribution in [0.2, 0.25) is 0 Å². The molecule has 0 radical (unpaired) electrons. The molecule has 2 aromatic carbocycles. The number of nitrogens with zero attached hydrogens (tertiary/aromatic N) is 3. The van der Waals surface area contributed by atoms with Crippen molar-refractivity contribution in [3.63, 3.8) is 0 Å². The fraction of sp³-hybridized carbons (Fsp3) is 0.467. The molecule has 7 heteroatoms. The van der Waals surface area contributed by atoms with E-state index in [4.69, 9.17) is 14.2 Å². The first kappa shape index (κ1) is 25.5. The van der Waals surface area contributed by atoms with Crippen LogP contribution in [0, 0.1) is 5.92 Å². The van der Waals surface area contributed by atoms with Crippen molar-refractivity contribution in [1.29, 1.82) is 0 Å². The Morgan fingerprint density at radius 3 is 2.59 bits per heavy atom. The zero-order valence-corrected chi connectivity index (χ0v) is 22.1. The van der Waals surface area contributed by atoms with Gasteiger partial charge < -0.3 is 14.2 Å². The lowest BCUT2D eigenvalue weighted by molar-refractivity contribution is -0.141. The zero-order chi connectivity index (χ0) is 25.8. The number of para-hydroxylation sites is 1. The number of benzene rings is 2. The number of rotatable bonds is 8. The lowest BCUT2D eigenvalue weighted by atomic mass is 9.85. The summed E-state index contributed by atoms with van der Waals surface area (Å²) < 4.78 is 16.1. The highest BCUT2D eigenvalue weighted by atomic mass is 16.5. The van der Waals surface area contributed by atoms with Gasteiger partial charge in [-0.1, -0.05) is 18.2 Å². The first-order valence-corrected chi connectivity index (χ1v) is 13.2. The predicted octanol–water partition coefficient (Wildman–Crippen LogP) is 4.45. The van der Waals surface area contributed by atoms with Gasteiger partial charge in [-0.3, -0.25) is 19.6 Å². The summed E-state index contributed by atoms with van der Waals surface area (Å²) in [5.74, 6) is 1.84. The number of pyridine rings is 1. The lowest BCUT2D eigenvalue weighted by Gasteiger charge is -2.45. The van der Waals surface area contributed by atoms with E-state index in [1.54, 1.807) is 14.2 Å². The summed E-state index contributed by atoms with van der Waals surface area (Å²) in [6.07, 6.45) is 5.27. The lowest BCUT2D eigenvalue weighted by Crippen LogP contribution is -2.52. The Morgan fingerprint density at radius 1 is 1.03 bits per heavy atom. The van der Waals surface area contributed by atoms with E-state index in [-0.39, 0.29) is 5.97 Å². The molecule has 3 aromatic rings. The van der Waals surface area contributed by atoms with Crippen molar-refractivity contribution >= 4 is 16.9 Å². The van der Waals surface area contributed by atoms with E-state index in [1.807, 2.05) is 12.3 Å². The van der Waals surface area contributed by atoms with Gasteiger partial charge in [-0.15, -0.1) is 0 Å². The number of ether oxygens (including phenoxy) is 3. The smallest absolute Gasteiger partial charge is 0.305 e. The molecule has 5 rings (SSSR count). The van der Waals surface area contributed by atoms with Crippen LogP contribution in [-0.4, -0.2) is 67.8 Å². The average molecular weight is 504 g/mol. The number of hydrogen-bond acceptors (Lipinski definition) is 7. The van der Waals surface area contributed by atoms with Crippen LogP contribution in [-0.2, 0) is 29.0 Å². The van der Waals surface area contributed by atoms with Crippen LogP contribution in [0.15, 0.2) is 48.7 Å². The highest BCUT2D eigenvalue weighted by Crippen LogP contribution is 2.36. The predicted molar refractivity (Wildman–Crippen MR) is 144 cm³/mol. The van der Waals surface area contributed by atoms with E-state index >= 15 is 0 Å². The van der Waals surface area contributed by atoms with Gasteiger partial charge in [0.15, 0.2) is 11.5 Å². The molecule has 0 N–H and O–H groups in total. The highest BCUT2D eigenvalue weighted by molar-refractivity contribution is 5.81. The van der Waals surface area contributed by atoms with Crippen molar-refractivity contribution in [2.24, 2.45) is 5.92 Å². The van der Waals surface area contributed by atoms with Crippen LogP contribution in [0.4, 0.5) is 0 Å². The molecule has 37 heavy (non-hydrogen) atoms. The zero-order valence-electron chi connectivity index (χ0n) is 22.1. The Morgan fingerprint density at radius 2 is 1.81 bits per heavy atom. The van der Waals surface area contributed by atoms with Gasteiger partial charge in [0.1, 0.15) is 0 Å². The van der Waals surface area contributed by atoms with Crippen LogP contribution in [0.5, 0.6) is 11.5 Å². The van der Waals surface area contributed by atoms with Crippen molar-refractivity contribution in [2.45, 2.75) is 44.8 Å². The summed E-state index contributed by atoms with van der Waals surface area (Å²) in [5.41, 5.74) is 4.99. The molecule has 196 valence electrons. The van der Waals surface area contributed by atoms with E-state index in [1.165, 1.54) is 29.2 Å². The number of esters is 1. The molecule has 1 aromatic heterocycles. The fourth-order valence-corrected chi connectivity index (χ4v) is 6.13. The normalized spacial score (nSPS) is 20.4. The Bertz CT molecular complexity index is 1240. The standard InChI is InChI=1S/C30H37N3O4/c1-35-28-16-21-11-15-33(20-24(21)17-29(28)36-2)27-12-14-32(19-23(27)8-9-30(34)37-3)18-22-10-13-31-26-7-5-4-6-25(22)26/h4-7,10,13,16-17,23,27H,8-9,11-12,14-15,18-20H2,1-3H3/t23-,27+/m0/s1. The molecule has 3 heterocycles. The van der Waals surface area contributed by atoms with Crippen molar-refractivity contribution in [3.8, 4) is 11.5 Å². The summed E-state index contributed by atoms with van der Waals surface area (Å²) >= 11 is 0. The topological polar surface area (TPSA) is 64.1 Å². The van der Waals surface area contributed by atoms with E-state index in [2.05, 4.69) is 51.2 Å². The van der Waals surface area contributed by atoms with Gasteiger partial charge in [0.05, 0.1) is 26.8 Å². The Labute approximate surface area is 219 Å². The Balaban J connectivity index is 1.33. The molecule has 0 aliphatic carbocycles. The average Bonchev–Trinajstić information content (AvgIpc) is 2.95. The quantitative estimate of drug-likeness (QED) is 0.421. The monoisotopic (exact) mass is 503 g/mol. The molecule has 0 unspecified atom stereocenters. The van der Waals surface area contributed by atoms with Gasteiger partial charge in [-0.05, 0) is 72.7 Å². The SMILES string of the molecule is COC(=O)CC[C@H]1CN(Cc2ccnc3ccccc23)CC[C@H]1N1CCc2cc(OC)c(OC)cc2C1. The number of methoxy groups -OCH3 is 3. The van der Waals surface area contributed by atoms with E-state index < -0.39 is 0 Å². The Kier molecular flexibility index (Phi) is 7.91. The minimum atomic E-state index is -0.128. The minimum absolute atomic E-state index is 0.128. The molecule has 0 bridgehead atoms. The van der Waals surface area contributed by atoms with Crippen molar-refractivity contribution in [3.05, 3.63) is 65.4 Å². The largest absolute Gasteiger partial charge is 0.493 e. The molecule has 1 fully saturated rings. The molecule has 0 amide bonds. The second kappa shape index (κ2) is 11.5. The molecule has 0 saturated carbocycles. The third kappa shape index (κ3) is 5.58. The van der Waals surface area contributed by atoms with Crippen LogP contribution < -0.4 is 9.47 Å². The van der Waals surface area contributed by atoms with E-state index in [0.29, 0.717) is 18.4 Å². The number of hydrogen-bond donors (Lipinski definition) is 0. The maximum atomic E-state index is 12.1. The van der Waals surface area contributed by atoms with Crippen molar-refractivity contribution in [1.82, 2.24) is 14.8 Å². The molecule has 2 atom stereocenters. The van der Waals surface area contributed by atoms with Gasteiger partial charge in [0.2, 0.25) is 0 Å². The number of carbonyl (C=O) groups excluding carboxylic acids is 1. The fourth-order valence-electron chi connectivity index (χ4n) is 6.13. The third-order valence-corrected chi connectivity index (χ3v) is 8.07. The number of piperidine rings is 1. The van der Waals surface area contributed by atoms with Crippen molar-refractivity contribution in [2.75, 3.05) is 41.0 Å². The highest BCUT2D eigenvalue weighted by Gasteiger charge is 2.35. The van der Waals surface area contributed by atoms with Gasteiger partial charge in [-0.2, -0.15) is 0 Å². The van der Waals surface area contributed by atoms with Crippen LogP contribution in [0.3, 0.4) is 0 Å². The third-order valence-electron chi connectivity index (χ3n) is 8.07. The summed E-state index contributed by atoms with van der Waals surface area (Å²) in [5, 5.41) is 1.22. The summed E-state index contributed by atoms with van der Waals surface area (Å²) in [4.78, 5) is 21.8. The number of fused-ring (bicyclic) bond motifs is 2. The number of aromatic nitrogens is 1. The molecular weight excluding hydrogens is 466 g/mol. The first-order valence-electron chi connectivity index (χ1n) is 13.2. The van der Waals surface area contributed by atoms with Crippen LogP contribution in [0.1, 0.15) is 36.0 Å².